The summed E-state index contributed by atoms with van der Waals surface area (Å²) in [5.74, 6) is 0.513. The van der Waals surface area contributed by atoms with Gasteiger partial charge in [0.2, 0.25) is 0 Å². The van der Waals surface area contributed by atoms with Crippen molar-refractivity contribution in [3.8, 4) is 5.69 Å². The summed E-state index contributed by atoms with van der Waals surface area (Å²) in [6.07, 6.45) is 0. The van der Waals surface area contributed by atoms with Gasteiger partial charge in [-0.25, -0.2) is 9.78 Å². The van der Waals surface area contributed by atoms with Gasteiger partial charge in [0.1, 0.15) is 5.82 Å². The van der Waals surface area contributed by atoms with E-state index in [4.69, 9.17) is 4.98 Å². The quantitative estimate of drug-likeness (QED) is 0.405. The number of aryl methyl sites for hydroxylation is 1. The second kappa shape index (κ2) is 9.74. The lowest BCUT2D eigenvalue weighted by atomic mass is 10.1. The van der Waals surface area contributed by atoms with Crippen molar-refractivity contribution in [1.29, 1.82) is 0 Å². The molecule has 4 rings (SSSR count). The molecule has 6 heteroatoms. The highest BCUT2D eigenvalue weighted by molar-refractivity contribution is 5.78. The SMILES string of the molecule is Cc1cccc(-n2c(C(C)N(Cc3ccccc3)C(=O)NC(C)(C)C)nc3ccccc3c2=O)c1. The van der Waals surface area contributed by atoms with Gasteiger partial charge in [0.15, 0.2) is 0 Å². The molecule has 6 nitrogen and oxygen atoms in total. The lowest BCUT2D eigenvalue weighted by Gasteiger charge is -2.33. The highest BCUT2D eigenvalue weighted by Gasteiger charge is 2.29. The van der Waals surface area contributed by atoms with Crippen LogP contribution in [0.5, 0.6) is 0 Å². The van der Waals surface area contributed by atoms with E-state index in [0.29, 0.717) is 23.3 Å². The minimum atomic E-state index is -0.490. The molecule has 0 bridgehead atoms. The summed E-state index contributed by atoms with van der Waals surface area (Å²) in [7, 11) is 0. The molecule has 1 unspecified atom stereocenters. The molecule has 35 heavy (non-hydrogen) atoms. The number of amides is 2. The molecule has 0 saturated carbocycles. The molecule has 1 heterocycles. The fraction of sp³-hybridized carbons (Fsp3) is 0.276. The summed E-state index contributed by atoms with van der Waals surface area (Å²) >= 11 is 0. The maximum atomic E-state index is 13.7. The molecule has 0 aliphatic heterocycles. The Kier molecular flexibility index (Phi) is 6.74. The zero-order valence-corrected chi connectivity index (χ0v) is 20.9. The number of aromatic nitrogens is 2. The van der Waals surface area contributed by atoms with E-state index >= 15 is 0 Å². The molecule has 2 amide bonds. The summed E-state index contributed by atoms with van der Waals surface area (Å²) in [6, 6.07) is 24.3. The standard InChI is InChI=1S/C29H32N4O2/c1-20-12-11-15-23(18-20)33-26(30-25-17-10-9-16-24(25)27(33)34)21(2)32(28(35)31-29(3,4)5)19-22-13-7-6-8-14-22/h6-18,21H,19H2,1-5H3,(H,31,35). The molecule has 0 radical (unpaired) electrons. The molecule has 180 valence electrons. The molecule has 0 saturated heterocycles. The summed E-state index contributed by atoms with van der Waals surface area (Å²) in [4.78, 5) is 33.9. The number of carbonyl (C=O) groups excluding carboxylic acids is 1. The van der Waals surface area contributed by atoms with E-state index in [9.17, 15) is 9.59 Å². The molecule has 1 N–H and O–H groups in total. The average molecular weight is 469 g/mol. The van der Waals surface area contributed by atoms with E-state index in [0.717, 1.165) is 16.8 Å². The van der Waals surface area contributed by atoms with E-state index < -0.39 is 11.6 Å². The van der Waals surface area contributed by atoms with Gasteiger partial charge in [-0.1, -0.05) is 54.6 Å². The minimum Gasteiger partial charge on any atom is -0.333 e. The maximum Gasteiger partial charge on any atom is 0.318 e. The zero-order chi connectivity index (χ0) is 25.2. The molecule has 0 fully saturated rings. The van der Waals surface area contributed by atoms with Crippen LogP contribution in [0.2, 0.25) is 0 Å². The van der Waals surface area contributed by atoms with E-state index in [1.165, 1.54) is 0 Å². The Morgan fingerprint density at radius 2 is 1.69 bits per heavy atom. The number of urea groups is 1. The number of para-hydroxylation sites is 1. The first-order chi connectivity index (χ1) is 16.6. The molecule has 0 spiro atoms. The summed E-state index contributed by atoms with van der Waals surface area (Å²) in [6.45, 7) is 10.1. The first kappa shape index (κ1) is 24.2. The normalized spacial score (nSPS) is 12.4. The average Bonchev–Trinajstić information content (AvgIpc) is 2.81. The Morgan fingerprint density at radius 3 is 2.37 bits per heavy atom. The minimum absolute atomic E-state index is 0.154. The highest BCUT2D eigenvalue weighted by atomic mass is 16.2. The van der Waals surface area contributed by atoms with Crippen molar-refractivity contribution in [2.45, 2.75) is 52.7 Å². The molecule has 1 atom stereocenters. The lowest BCUT2D eigenvalue weighted by Crippen LogP contribution is -2.49. The fourth-order valence-electron chi connectivity index (χ4n) is 4.14. The van der Waals surface area contributed by atoms with Gasteiger partial charge in [0.25, 0.3) is 5.56 Å². The summed E-state index contributed by atoms with van der Waals surface area (Å²) in [5, 5.41) is 3.62. The van der Waals surface area contributed by atoms with E-state index in [1.54, 1.807) is 15.5 Å². The highest BCUT2D eigenvalue weighted by Crippen LogP contribution is 2.25. The predicted molar refractivity (Wildman–Crippen MR) is 141 cm³/mol. The number of hydrogen-bond acceptors (Lipinski definition) is 3. The van der Waals surface area contributed by atoms with Crippen LogP contribution in [0.3, 0.4) is 0 Å². The number of carbonyl (C=O) groups is 1. The van der Waals surface area contributed by atoms with Crippen molar-refractivity contribution in [1.82, 2.24) is 19.8 Å². The monoisotopic (exact) mass is 468 g/mol. The third kappa shape index (κ3) is 5.43. The Balaban J connectivity index is 1.90. The Bertz CT molecular complexity index is 1400. The first-order valence-corrected chi connectivity index (χ1v) is 11.9. The van der Waals surface area contributed by atoms with Crippen LogP contribution in [-0.4, -0.2) is 26.0 Å². The third-order valence-corrected chi connectivity index (χ3v) is 5.84. The van der Waals surface area contributed by atoms with Crippen molar-refractivity contribution < 1.29 is 4.79 Å². The van der Waals surface area contributed by atoms with Crippen LogP contribution >= 0.6 is 0 Å². The van der Waals surface area contributed by atoms with Gasteiger partial charge >= 0.3 is 6.03 Å². The van der Waals surface area contributed by atoms with Crippen molar-refractivity contribution in [2.75, 3.05) is 0 Å². The van der Waals surface area contributed by atoms with E-state index in [1.807, 2.05) is 107 Å². The fourth-order valence-corrected chi connectivity index (χ4v) is 4.14. The van der Waals surface area contributed by atoms with Crippen molar-refractivity contribution in [3.05, 3.63) is 106 Å². The molecule has 0 aliphatic carbocycles. The smallest absolute Gasteiger partial charge is 0.318 e. The molecule has 1 aromatic heterocycles. The zero-order valence-electron chi connectivity index (χ0n) is 20.9. The van der Waals surface area contributed by atoms with Crippen molar-refractivity contribution in [2.24, 2.45) is 0 Å². The molecule has 3 aromatic carbocycles. The molecular weight excluding hydrogens is 436 g/mol. The number of hydrogen-bond donors (Lipinski definition) is 1. The number of nitrogens with one attached hydrogen (secondary N) is 1. The second-order valence-corrected chi connectivity index (χ2v) is 9.94. The molecule has 4 aromatic rings. The van der Waals surface area contributed by atoms with Crippen LogP contribution in [0.4, 0.5) is 4.79 Å². The Hall–Kier alpha value is -3.93. The van der Waals surface area contributed by atoms with Crippen LogP contribution in [0.25, 0.3) is 16.6 Å². The van der Waals surface area contributed by atoms with Gasteiger partial charge in [-0.15, -0.1) is 0 Å². The van der Waals surface area contributed by atoms with Crippen molar-refractivity contribution >= 4 is 16.9 Å². The van der Waals surface area contributed by atoms with Gasteiger partial charge in [-0.2, -0.15) is 0 Å². The largest absolute Gasteiger partial charge is 0.333 e. The topological polar surface area (TPSA) is 67.2 Å². The van der Waals surface area contributed by atoms with Gasteiger partial charge < -0.3 is 10.2 Å². The van der Waals surface area contributed by atoms with Crippen molar-refractivity contribution in [3.63, 3.8) is 0 Å². The van der Waals surface area contributed by atoms with Gasteiger partial charge in [-0.05, 0) is 70.0 Å². The molecular formula is C29H32N4O2. The van der Waals surface area contributed by atoms with Crippen LogP contribution in [0.15, 0.2) is 83.7 Å². The summed E-state index contributed by atoms with van der Waals surface area (Å²) < 4.78 is 1.64. The number of nitrogens with zero attached hydrogens (tertiary/aromatic N) is 3. The predicted octanol–water partition coefficient (Wildman–Crippen LogP) is 5.77. The summed E-state index contributed by atoms with van der Waals surface area (Å²) in [5.41, 5.74) is 2.80. The Labute approximate surface area is 206 Å². The number of rotatable bonds is 5. The maximum absolute atomic E-state index is 13.7. The number of fused-ring (bicyclic) bond motifs is 1. The van der Waals surface area contributed by atoms with Crippen LogP contribution < -0.4 is 10.9 Å². The first-order valence-electron chi connectivity index (χ1n) is 11.9. The molecule has 0 aliphatic rings. The van der Waals surface area contributed by atoms with E-state index in [2.05, 4.69) is 5.32 Å². The van der Waals surface area contributed by atoms with Crippen LogP contribution in [0.1, 0.15) is 50.7 Å². The lowest BCUT2D eigenvalue weighted by molar-refractivity contribution is 0.163. The number of benzene rings is 3. The van der Waals surface area contributed by atoms with Crippen LogP contribution in [-0.2, 0) is 6.54 Å². The van der Waals surface area contributed by atoms with Gasteiger partial charge in [-0.3, -0.25) is 9.36 Å². The Morgan fingerprint density at radius 1 is 1.00 bits per heavy atom. The van der Waals surface area contributed by atoms with E-state index in [-0.39, 0.29) is 11.6 Å². The van der Waals surface area contributed by atoms with Gasteiger partial charge in [0, 0.05) is 12.1 Å². The van der Waals surface area contributed by atoms with Crippen LogP contribution in [0, 0.1) is 6.92 Å². The second-order valence-electron chi connectivity index (χ2n) is 9.94. The third-order valence-electron chi connectivity index (χ3n) is 5.84. The van der Waals surface area contributed by atoms with Gasteiger partial charge in [0.05, 0.1) is 22.6 Å².